The molecule has 0 saturated carbocycles. The van der Waals surface area contributed by atoms with Gasteiger partial charge in [0.05, 0.1) is 34.0 Å². The van der Waals surface area contributed by atoms with Crippen LogP contribution in [0.5, 0.6) is 0 Å². The summed E-state index contributed by atoms with van der Waals surface area (Å²) in [6.45, 7) is 0. The fourth-order valence-corrected chi connectivity index (χ4v) is 6.65. The molecular formula is C45H29N5. The van der Waals surface area contributed by atoms with Crippen molar-refractivity contribution in [3.05, 3.63) is 176 Å². The molecule has 5 nitrogen and oxygen atoms in total. The number of aromatic nitrogens is 5. The Morgan fingerprint density at radius 1 is 0.360 bits per heavy atom. The Balaban J connectivity index is 1.08. The fourth-order valence-electron chi connectivity index (χ4n) is 6.65. The lowest BCUT2D eigenvalue weighted by molar-refractivity contribution is 1.22. The molecule has 5 aromatic heterocycles. The van der Waals surface area contributed by atoms with Gasteiger partial charge >= 0.3 is 0 Å². The Kier molecular flexibility index (Phi) is 7.41. The molecule has 0 saturated heterocycles. The molecule has 0 bridgehead atoms. The SMILES string of the molecule is c1ccc(-c2cc(-c3ccc(-c4ccc(-c5cccc6c(-c7cccnc7)nc7ccccc7c56)cc4)cc3)cc(-c3ccccn3)n2)nc1. The molecule has 5 heteroatoms. The summed E-state index contributed by atoms with van der Waals surface area (Å²) in [7, 11) is 0. The molecular weight excluding hydrogens is 611 g/mol. The zero-order chi connectivity index (χ0) is 33.3. The van der Waals surface area contributed by atoms with Crippen molar-refractivity contribution in [1.82, 2.24) is 24.9 Å². The minimum atomic E-state index is 0.813. The van der Waals surface area contributed by atoms with Crippen molar-refractivity contribution in [2.75, 3.05) is 0 Å². The van der Waals surface area contributed by atoms with Crippen LogP contribution in [0.15, 0.2) is 176 Å². The lowest BCUT2D eigenvalue weighted by atomic mass is 9.92. The second-order valence-electron chi connectivity index (χ2n) is 12.2. The van der Waals surface area contributed by atoms with Crippen LogP contribution >= 0.6 is 0 Å². The van der Waals surface area contributed by atoms with E-state index in [-0.39, 0.29) is 0 Å². The van der Waals surface area contributed by atoms with Crippen molar-refractivity contribution in [1.29, 1.82) is 0 Å². The van der Waals surface area contributed by atoms with Crippen LogP contribution < -0.4 is 0 Å². The first-order valence-electron chi connectivity index (χ1n) is 16.6. The van der Waals surface area contributed by atoms with Crippen LogP contribution in [0.4, 0.5) is 0 Å². The van der Waals surface area contributed by atoms with Gasteiger partial charge in [0.2, 0.25) is 0 Å². The van der Waals surface area contributed by atoms with E-state index in [1.807, 2.05) is 54.7 Å². The van der Waals surface area contributed by atoms with Gasteiger partial charge in [-0.3, -0.25) is 15.0 Å². The number of benzene rings is 4. The smallest absolute Gasteiger partial charge is 0.0900 e. The monoisotopic (exact) mass is 639 g/mol. The molecule has 0 aliphatic heterocycles. The van der Waals surface area contributed by atoms with E-state index in [1.165, 1.54) is 10.9 Å². The quantitative estimate of drug-likeness (QED) is 0.169. The summed E-state index contributed by atoms with van der Waals surface area (Å²) < 4.78 is 0. The van der Waals surface area contributed by atoms with Gasteiger partial charge in [-0.05, 0) is 88.0 Å². The van der Waals surface area contributed by atoms with Crippen molar-refractivity contribution in [2.45, 2.75) is 0 Å². The molecule has 0 aliphatic rings. The predicted molar refractivity (Wildman–Crippen MR) is 203 cm³/mol. The van der Waals surface area contributed by atoms with Crippen LogP contribution in [-0.4, -0.2) is 24.9 Å². The normalized spacial score (nSPS) is 11.2. The van der Waals surface area contributed by atoms with Gasteiger partial charge in [-0.2, -0.15) is 0 Å². The van der Waals surface area contributed by atoms with E-state index >= 15 is 0 Å². The number of para-hydroxylation sites is 1. The summed E-state index contributed by atoms with van der Waals surface area (Å²) in [6.07, 6.45) is 7.27. The van der Waals surface area contributed by atoms with Crippen LogP contribution in [0.1, 0.15) is 0 Å². The summed E-state index contributed by atoms with van der Waals surface area (Å²) >= 11 is 0. The molecule has 0 N–H and O–H groups in total. The summed E-state index contributed by atoms with van der Waals surface area (Å²) in [5, 5.41) is 3.45. The average molecular weight is 640 g/mol. The highest BCUT2D eigenvalue weighted by atomic mass is 14.8. The third-order valence-electron chi connectivity index (χ3n) is 9.09. The Morgan fingerprint density at radius 2 is 0.960 bits per heavy atom. The van der Waals surface area contributed by atoms with Crippen LogP contribution in [0.2, 0.25) is 0 Å². The molecule has 9 aromatic rings. The largest absolute Gasteiger partial charge is 0.264 e. The van der Waals surface area contributed by atoms with E-state index in [9.17, 15) is 0 Å². The number of rotatable bonds is 6. The van der Waals surface area contributed by atoms with E-state index < -0.39 is 0 Å². The Bertz CT molecular complexity index is 2550. The first-order chi connectivity index (χ1) is 24.8. The van der Waals surface area contributed by atoms with Crippen molar-refractivity contribution in [3.63, 3.8) is 0 Å². The minimum Gasteiger partial charge on any atom is -0.264 e. The zero-order valence-electron chi connectivity index (χ0n) is 27.0. The van der Waals surface area contributed by atoms with Crippen LogP contribution in [0.25, 0.3) is 89.1 Å². The summed E-state index contributed by atoms with van der Waals surface area (Å²) in [5.74, 6) is 0. The average Bonchev–Trinajstić information content (AvgIpc) is 3.21. The van der Waals surface area contributed by atoms with Crippen LogP contribution in [0.3, 0.4) is 0 Å². The molecule has 50 heavy (non-hydrogen) atoms. The molecule has 5 heterocycles. The highest BCUT2D eigenvalue weighted by Gasteiger charge is 2.15. The second-order valence-corrected chi connectivity index (χ2v) is 12.2. The molecule has 0 atom stereocenters. The van der Waals surface area contributed by atoms with Crippen molar-refractivity contribution in [3.8, 4) is 67.4 Å². The Morgan fingerprint density at radius 3 is 1.58 bits per heavy atom. The minimum absolute atomic E-state index is 0.813. The molecule has 9 rings (SSSR count). The van der Waals surface area contributed by atoms with Gasteiger partial charge in [-0.25, -0.2) is 9.97 Å². The van der Waals surface area contributed by atoms with Crippen LogP contribution in [-0.2, 0) is 0 Å². The maximum atomic E-state index is 5.08. The summed E-state index contributed by atoms with van der Waals surface area (Å²) in [6, 6.07) is 52.4. The maximum absolute atomic E-state index is 5.08. The topological polar surface area (TPSA) is 64.5 Å². The highest BCUT2D eigenvalue weighted by Crippen LogP contribution is 2.39. The van der Waals surface area contributed by atoms with Gasteiger partial charge in [0.25, 0.3) is 0 Å². The highest BCUT2D eigenvalue weighted by molar-refractivity contribution is 6.17. The summed E-state index contributed by atoms with van der Waals surface area (Å²) in [5.41, 5.74) is 13.0. The molecule has 234 valence electrons. The molecule has 4 aromatic carbocycles. The van der Waals surface area contributed by atoms with E-state index in [1.54, 1.807) is 18.6 Å². The third-order valence-corrected chi connectivity index (χ3v) is 9.09. The van der Waals surface area contributed by atoms with E-state index in [0.717, 1.165) is 78.1 Å². The van der Waals surface area contributed by atoms with E-state index in [2.05, 4.69) is 118 Å². The zero-order valence-corrected chi connectivity index (χ0v) is 27.0. The van der Waals surface area contributed by atoms with Gasteiger partial charge in [0.15, 0.2) is 0 Å². The van der Waals surface area contributed by atoms with E-state index in [0.29, 0.717) is 0 Å². The first-order valence-corrected chi connectivity index (χ1v) is 16.6. The predicted octanol–water partition coefficient (Wildman–Crippen LogP) is 11.0. The van der Waals surface area contributed by atoms with Gasteiger partial charge in [0, 0.05) is 46.5 Å². The Labute approximate surface area is 289 Å². The molecule has 0 unspecified atom stereocenters. The number of hydrogen-bond donors (Lipinski definition) is 0. The lowest BCUT2D eigenvalue weighted by Crippen LogP contribution is -1.94. The van der Waals surface area contributed by atoms with E-state index in [4.69, 9.17) is 9.97 Å². The van der Waals surface area contributed by atoms with Crippen molar-refractivity contribution >= 4 is 21.7 Å². The first kappa shape index (κ1) is 29.3. The van der Waals surface area contributed by atoms with Gasteiger partial charge in [-0.15, -0.1) is 0 Å². The van der Waals surface area contributed by atoms with Gasteiger partial charge in [0.1, 0.15) is 0 Å². The second kappa shape index (κ2) is 12.6. The summed E-state index contributed by atoms with van der Waals surface area (Å²) in [4.78, 5) is 23.5. The molecule has 0 amide bonds. The van der Waals surface area contributed by atoms with Gasteiger partial charge < -0.3 is 0 Å². The molecule has 0 radical (unpaired) electrons. The van der Waals surface area contributed by atoms with Gasteiger partial charge in [-0.1, -0.05) is 97.1 Å². The fraction of sp³-hybridized carbons (Fsp3) is 0. The van der Waals surface area contributed by atoms with Crippen molar-refractivity contribution in [2.24, 2.45) is 0 Å². The third kappa shape index (κ3) is 5.47. The van der Waals surface area contributed by atoms with Crippen LogP contribution in [0, 0.1) is 0 Å². The number of fused-ring (bicyclic) bond motifs is 3. The molecule has 0 fully saturated rings. The molecule has 0 spiro atoms. The number of hydrogen-bond acceptors (Lipinski definition) is 5. The number of nitrogens with zero attached hydrogens (tertiary/aromatic N) is 5. The maximum Gasteiger partial charge on any atom is 0.0900 e. The lowest BCUT2D eigenvalue weighted by Gasteiger charge is -2.14. The van der Waals surface area contributed by atoms with Crippen molar-refractivity contribution < 1.29 is 0 Å². The molecule has 0 aliphatic carbocycles. The number of pyridine rings is 5. The standard InChI is InChI=1S/C45H29N5/c1-2-13-39-37(10-1)44-36(11-7-12-38(44)45(50-39)34-9-8-24-46-29-34)33-22-20-31(21-23-33)30-16-18-32(19-17-30)35-27-42(40-14-3-5-25-47-40)49-43(28-35)41-15-4-6-26-48-41/h1-29H. The Hall–Kier alpha value is -6.85.